The van der Waals surface area contributed by atoms with Crippen LogP contribution in [0, 0.1) is 45.3 Å². The zero-order valence-electron chi connectivity index (χ0n) is 23.3. The Labute approximate surface area is 223 Å². The Hall–Kier alpha value is -2.77. The summed E-state index contributed by atoms with van der Waals surface area (Å²) in [6, 6.07) is 0. The van der Waals surface area contributed by atoms with Gasteiger partial charge in [-0.3, -0.25) is 19.2 Å². The molecule has 8 heteroatoms. The molecule has 3 saturated carbocycles. The molecule has 1 heterocycles. The van der Waals surface area contributed by atoms with Crippen LogP contribution in [0.25, 0.3) is 0 Å². The second kappa shape index (κ2) is 8.36. The van der Waals surface area contributed by atoms with E-state index in [0.717, 1.165) is 6.42 Å². The van der Waals surface area contributed by atoms with Crippen molar-refractivity contribution < 1.29 is 38.2 Å². The van der Waals surface area contributed by atoms with Crippen molar-refractivity contribution in [2.24, 2.45) is 45.3 Å². The van der Waals surface area contributed by atoms with Crippen LogP contribution in [0.1, 0.15) is 74.1 Å². The number of rotatable bonds is 3. The lowest BCUT2D eigenvalue weighted by Gasteiger charge is -2.67. The predicted octanol–water partition coefficient (Wildman–Crippen LogP) is 4.11. The molecule has 0 spiro atoms. The molecule has 4 aliphatic carbocycles. The van der Waals surface area contributed by atoms with Crippen LogP contribution >= 0.6 is 0 Å². The lowest BCUT2D eigenvalue weighted by Crippen LogP contribution is -2.67. The van der Waals surface area contributed by atoms with E-state index >= 15 is 0 Å². The van der Waals surface area contributed by atoms with E-state index < -0.39 is 52.5 Å². The van der Waals surface area contributed by atoms with Crippen LogP contribution in [0.15, 0.2) is 23.8 Å². The molecule has 9 atom stereocenters. The minimum absolute atomic E-state index is 0.0118. The lowest BCUT2D eigenvalue weighted by molar-refractivity contribution is -0.222. The fourth-order valence-corrected chi connectivity index (χ4v) is 9.56. The average molecular weight is 527 g/mol. The third kappa shape index (κ3) is 3.51. The van der Waals surface area contributed by atoms with E-state index in [4.69, 9.17) is 14.2 Å². The Bertz CT molecular complexity index is 1190. The molecule has 0 radical (unpaired) electrons. The molecule has 5 rings (SSSR count). The molecule has 0 aromatic rings. The Morgan fingerprint density at radius 1 is 0.974 bits per heavy atom. The van der Waals surface area contributed by atoms with Crippen LogP contribution in [0.2, 0.25) is 0 Å². The summed E-state index contributed by atoms with van der Waals surface area (Å²) in [5, 5.41) is 0. The van der Waals surface area contributed by atoms with Gasteiger partial charge < -0.3 is 14.2 Å². The first-order valence-electron chi connectivity index (χ1n) is 13.6. The van der Waals surface area contributed by atoms with Gasteiger partial charge >= 0.3 is 17.9 Å². The maximum absolute atomic E-state index is 14.1. The first-order chi connectivity index (χ1) is 17.6. The molecule has 206 valence electrons. The molecule has 1 aliphatic heterocycles. The predicted molar refractivity (Wildman–Crippen MR) is 135 cm³/mol. The minimum Gasteiger partial charge on any atom is -0.462 e. The van der Waals surface area contributed by atoms with E-state index in [9.17, 15) is 24.0 Å². The number of carbonyl (C=O) groups excluding carboxylic acids is 5. The monoisotopic (exact) mass is 526 g/mol. The quantitative estimate of drug-likeness (QED) is 0.505. The van der Waals surface area contributed by atoms with Gasteiger partial charge in [0.05, 0.1) is 0 Å². The normalized spacial score (nSPS) is 44.9. The number of allylic oxidation sites excluding steroid dienone is 2. The number of hydrogen-bond acceptors (Lipinski definition) is 8. The van der Waals surface area contributed by atoms with Gasteiger partial charge in [0.1, 0.15) is 11.9 Å². The zero-order valence-corrected chi connectivity index (χ0v) is 23.3. The molecular formula is C30H38O8. The fourth-order valence-electron chi connectivity index (χ4n) is 9.56. The topological polar surface area (TPSA) is 113 Å². The molecule has 0 bridgehead atoms. The van der Waals surface area contributed by atoms with Gasteiger partial charge in [-0.2, -0.15) is 0 Å². The van der Waals surface area contributed by atoms with Crippen molar-refractivity contribution in [2.45, 2.75) is 86.5 Å². The Morgan fingerprint density at radius 2 is 1.63 bits per heavy atom. The van der Waals surface area contributed by atoms with Gasteiger partial charge in [0, 0.05) is 54.6 Å². The summed E-state index contributed by atoms with van der Waals surface area (Å²) < 4.78 is 16.7. The van der Waals surface area contributed by atoms with E-state index in [0.29, 0.717) is 18.4 Å². The van der Waals surface area contributed by atoms with Gasteiger partial charge in [0.2, 0.25) is 0 Å². The lowest BCUT2D eigenvalue weighted by atomic mass is 9.37. The largest absolute Gasteiger partial charge is 0.462 e. The van der Waals surface area contributed by atoms with Crippen LogP contribution in [0.4, 0.5) is 0 Å². The van der Waals surface area contributed by atoms with E-state index in [1.165, 1.54) is 19.9 Å². The van der Waals surface area contributed by atoms with Crippen molar-refractivity contribution in [1.29, 1.82) is 0 Å². The zero-order chi connectivity index (χ0) is 28.0. The number of esters is 3. The molecule has 1 unspecified atom stereocenters. The average Bonchev–Trinajstić information content (AvgIpc) is 3.28. The summed E-state index contributed by atoms with van der Waals surface area (Å²) in [6.45, 7) is 12.9. The maximum atomic E-state index is 14.1. The first kappa shape index (κ1) is 26.8. The summed E-state index contributed by atoms with van der Waals surface area (Å²) in [5.41, 5.74) is -1.73. The molecule has 8 nitrogen and oxygen atoms in total. The highest BCUT2D eigenvalue weighted by molar-refractivity contribution is 5.96. The van der Waals surface area contributed by atoms with Crippen LogP contribution in [-0.4, -0.2) is 41.9 Å². The van der Waals surface area contributed by atoms with Gasteiger partial charge in [0.25, 0.3) is 6.29 Å². The third-order valence-corrected chi connectivity index (χ3v) is 11.0. The summed E-state index contributed by atoms with van der Waals surface area (Å²) >= 11 is 0. The van der Waals surface area contributed by atoms with Crippen LogP contribution in [-0.2, 0) is 38.2 Å². The highest BCUT2D eigenvalue weighted by Gasteiger charge is 2.73. The molecule has 0 N–H and O–H groups in total. The summed E-state index contributed by atoms with van der Waals surface area (Å²) in [5.74, 6) is -2.31. The molecule has 0 saturated heterocycles. The minimum atomic E-state index is -1.13. The van der Waals surface area contributed by atoms with Crippen molar-refractivity contribution in [3.05, 3.63) is 23.8 Å². The first-order valence-corrected chi connectivity index (χ1v) is 13.6. The Kier molecular flexibility index (Phi) is 5.90. The summed E-state index contributed by atoms with van der Waals surface area (Å²) in [6.07, 6.45) is 5.56. The number of ketones is 2. The maximum Gasteiger partial charge on any atom is 0.334 e. The van der Waals surface area contributed by atoms with E-state index in [-0.39, 0.29) is 41.2 Å². The highest BCUT2D eigenvalue weighted by Crippen LogP contribution is 2.73. The van der Waals surface area contributed by atoms with Gasteiger partial charge in [-0.1, -0.05) is 40.7 Å². The molecule has 5 aliphatic rings. The number of carbonyl (C=O) groups is 5. The highest BCUT2D eigenvalue weighted by atomic mass is 16.7. The number of ether oxygens (including phenoxy) is 3. The standard InChI is InChI=1S/C30H38O8/c1-15(31)36-23-14-21-27(3,4)22(34)9-11-29(21,6)20-8-10-28(5)18(13-19(33)25(28)30(20,23)7)17-12-24(35)38-26(17)37-16(2)32/h9,11-12,18,20-21,23,25-26H,8,10,13-14H2,1-7H3/t18-,20+,21?,23+,25-,26+,28-,29+,30-/m0/s1. The second-order valence-corrected chi connectivity index (χ2v) is 13.3. The third-order valence-electron chi connectivity index (χ3n) is 11.0. The van der Waals surface area contributed by atoms with Crippen molar-refractivity contribution in [2.75, 3.05) is 0 Å². The summed E-state index contributed by atoms with van der Waals surface area (Å²) in [7, 11) is 0. The molecule has 3 fully saturated rings. The molecule has 0 aromatic carbocycles. The number of fused-ring (bicyclic) bond motifs is 5. The molecular weight excluding hydrogens is 488 g/mol. The van der Waals surface area contributed by atoms with E-state index in [2.05, 4.69) is 20.8 Å². The van der Waals surface area contributed by atoms with Crippen molar-refractivity contribution in [1.82, 2.24) is 0 Å². The van der Waals surface area contributed by atoms with Gasteiger partial charge in [-0.25, -0.2) is 4.79 Å². The van der Waals surface area contributed by atoms with E-state index in [1.54, 1.807) is 6.08 Å². The van der Waals surface area contributed by atoms with Crippen molar-refractivity contribution >= 4 is 29.5 Å². The Morgan fingerprint density at radius 3 is 2.26 bits per heavy atom. The Balaban J connectivity index is 1.62. The van der Waals surface area contributed by atoms with Crippen molar-refractivity contribution in [3.8, 4) is 0 Å². The van der Waals surface area contributed by atoms with Gasteiger partial charge in [-0.05, 0) is 48.0 Å². The summed E-state index contributed by atoms with van der Waals surface area (Å²) in [4.78, 5) is 63.4. The smallest absolute Gasteiger partial charge is 0.334 e. The number of Topliss-reactive ketones (excluding diaryl/α,β-unsaturated/α-hetero) is 1. The second-order valence-electron chi connectivity index (χ2n) is 13.3. The van der Waals surface area contributed by atoms with Crippen molar-refractivity contribution in [3.63, 3.8) is 0 Å². The SMILES string of the molecule is CC(=O)O[C@@H]1OC(=O)C=C1[C@@H]1CC(=O)[C@H]2[C@@]1(C)CC[C@H]1[C@@]2(C)[C@H](OC(C)=O)CC2C(C)(C)C(=O)C=C[C@@]21C. The molecule has 0 aromatic heterocycles. The number of hydrogen-bond donors (Lipinski definition) is 0. The number of cyclic esters (lactones) is 1. The van der Waals surface area contributed by atoms with Gasteiger partial charge in [0.15, 0.2) is 5.78 Å². The molecule has 0 amide bonds. The van der Waals surface area contributed by atoms with Crippen LogP contribution in [0.3, 0.4) is 0 Å². The van der Waals surface area contributed by atoms with Crippen LogP contribution < -0.4 is 0 Å². The fraction of sp³-hybridized carbons (Fsp3) is 0.700. The van der Waals surface area contributed by atoms with E-state index in [1.807, 2.05) is 19.9 Å². The molecule has 38 heavy (non-hydrogen) atoms. The van der Waals surface area contributed by atoms with Crippen LogP contribution in [0.5, 0.6) is 0 Å². The van der Waals surface area contributed by atoms with Gasteiger partial charge in [-0.15, -0.1) is 0 Å².